The quantitative estimate of drug-likeness (QED) is 0.720. The summed E-state index contributed by atoms with van der Waals surface area (Å²) in [4.78, 5) is 16.2. The van der Waals surface area contributed by atoms with Crippen molar-refractivity contribution in [3.05, 3.63) is 22.8 Å². The van der Waals surface area contributed by atoms with E-state index in [1.54, 1.807) is 19.2 Å². The molecule has 5 nitrogen and oxygen atoms in total. The van der Waals surface area contributed by atoms with Gasteiger partial charge in [0.25, 0.3) is 5.91 Å². The van der Waals surface area contributed by atoms with Crippen molar-refractivity contribution in [2.75, 3.05) is 32.1 Å². The lowest BCUT2D eigenvalue weighted by Crippen LogP contribution is -2.26. The standard InChI is InChI=1S/C13H20ClN3O2/c1-3-7-15-11-6-5-10(14)12(17-11)13(18)16-8-4-9-19-2/h5-6H,3-4,7-9H2,1-2H3,(H,15,17)(H,16,18). The van der Waals surface area contributed by atoms with Gasteiger partial charge in [0.15, 0.2) is 0 Å². The third-order valence-electron chi connectivity index (χ3n) is 2.43. The highest BCUT2D eigenvalue weighted by atomic mass is 35.5. The fraction of sp³-hybridized carbons (Fsp3) is 0.538. The molecule has 106 valence electrons. The van der Waals surface area contributed by atoms with Crippen LogP contribution in [0.5, 0.6) is 0 Å². The summed E-state index contributed by atoms with van der Waals surface area (Å²) in [6.07, 6.45) is 1.75. The summed E-state index contributed by atoms with van der Waals surface area (Å²) in [5, 5.41) is 6.24. The first-order chi connectivity index (χ1) is 9.19. The normalized spacial score (nSPS) is 10.3. The number of pyridine rings is 1. The number of carbonyl (C=O) groups excluding carboxylic acids is 1. The van der Waals surface area contributed by atoms with Gasteiger partial charge in [-0.3, -0.25) is 4.79 Å². The summed E-state index contributed by atoms with van der Waals surface area (Å²) in [5.74, 6) is 0.398. The molecule has 1 aromatic rings. The Morgan fingerprint density at radius 2 is 2.21 bits per heavy atom. The fourth-order valence-corrected chi connectivity index (χ4v) is 1.65. The van der Waals surface area contributed by atoms with Gasteiger partial charge in [-0.1, -0.05) is 18.5 Å². The molecular formula is C13H20ClN3O2. The average molecular weight is 286 g/mol. The molecule has 6 heteroatoms. The van der Waals surface area contributed by atoms with E-state index in [9.17, 15) is 4.79 Å². The minimum atomic E-state index is -0.263. The van der Waals surface area contributed by atoms with Gasteiger partial charge in [0.1, 0.15) is 11.5 Å². The van der Waals surface area contributed by atoms with Crippen LogP contribution in [0.2, 0.25) is 5.02 Å². The minimum absolute atomic E-state index is 0.250. The second kappa shape index (κ2) is 8.72. The maximum atomic E-state index is 11.9. The van der Waals surface area contributed by atoms with E-state index in [2.05, 4.69) is 22.5 Å². The Balaban J connectivity index is 2.61. The molecule has 0 aliphatic carbocycles. The van der Waals surface area contributed by atoms with Crippen LogP contribution >= 0.6 is 11.6 Å². The number of nitrogens with zero attached hydrogens (tertiary/aromatic N) is 1. The number of hydrogen-bond acceptors (Lipinski definition) is 4. The van der Waals surface area contributed by atoms with E-state index in [1.807, 2.05) is 0 Å². The Labute approximate surface area is 118 Å². The zero-order chi connectivity index (χ0) is 14.1. The predicted octanol–water partition coefficient (Wildman–Crippen LogP) is 2.32. The molecule has 0 bridgehead atoms. The van der Waals surface area contributed by atoms with Crippen LogP contribution in [0.15, 0.2) is 12.1 Å². The Morgan fingerprint density at radius 3 is 2.89 bits per heavy atom. The molecule has 19 heavy (non-hydrogen) atoms. The van der Waals surface area contributed by atoms with Gasteiger partial charge in [0.05, 0.1) is 5.02 Å². The number of halogens is 1. The first-order valence-corrected chi connectivity index (χ1v) is 6.74. The molecule has 2 N–H and O–H groups in total. The van der Waals surface area contributed by atoms with Gasteiger partial charge >= 0.3 is 0 Å². The van der Waals surface area contributed by atoms with Crippen LogP contribution in [-0.2, 0) is 4.74 Å². The molecule has 0 spiro atoms. The van der Waals surface area contributed by atoms with Crippen molar-refractivity contribution in [3.8, 4) is 0 Å². The number of carbonyl (C=O) groups is 1. The maximum Gasteiger partial charge on any atom is 0.271 e. The Hall–Kier alpha value is -1.33. The zero-order valence-electron chi connectivity index (χ0n) is 11.3. The molecule has 0 radical (unpaired) electrons. The summed E-state index contributed by atoms with van der Waals surface area (Å²) in [6.45, 7) is 4.02. The summed E-state index contributed by atoms with van der Waals surface area (Å²) in [5.41, 5.74) is 0.250. The van der Waals surface area contributed by atoms with E-state index in [0.717, 1.165) is 19.4 Å². The van der Waals surface area contributed by atoms with E-state index in [4.69, 9.17) is 16.3 Å². The monoisotopic (exact) mass is 285 g/mol. The van der Waals surface area contributed by atoms with Gasteiger partial charge < -0.3 is 15.4 Å². The second-order valence-corrected chi connectivity index (χ2v) is 4.46. The zero-order valence-corrected chi connectivity index (χ0v) is 12.1. The lowest BCUT2D eigenvalue weighted by molar-refractivity contribution is 0.0944. The van der Waals surface area contributed by atoms with Crippen molar-refractivity contribution < 1.29 is 9.53 Å². The molecular weight excluding hydrogens is 266 g/mol. The van der Waals surface area contributed by atoms with Crippen molar-refractivity contribution in [1.82, 2.24) is 10.3 Å². The smallest absolute Gasteiger partial charge is 0.271 e. The van der Waals surface area contributed by atoms with Gasteiger partial charge in [-0.05, 0) is 25.0 Å². The Morgan fingerprint density at radius 1 is 1.42 bits per heavy atom. The van der Waals surface area contributed by atoms with Crippen LogP contribution in [-0.4, -0.2) is 37.7 Å². The van der Waals surface area contributed by atoms with E-state index in [1.165, 1.54) is 0 Å². The topological polar surface area (TPSA) is 63.2 Å². The van der Waals surface area contributed by atoms with E-state index >= 15 is 0 Å². The number of rotatable bonds is 8. The van der Waals surface area contributed by atoms with Gasteiger partial charge in [0, 0.05) is 26.8 Å². The molecule has 1 heterocycles. The highest BCUT2D eigenvalue weighted by Crippen LogP contribution is 2.16. The fourth-order valence-electron chi connectivity index (χ4n) is 1.46. The summed E-state index contributed by atoms with van der Waals surface area (Å²) < 4.78 is 4.91. The van der Waals surface area contributed by atoms with E-state index in [-0.39, 0.29) is 11.6 Å². The summed E-state index contributed by atoms with van der Waals surface area (Å²) in [6, 6.07) is 3.44. The highest BCUT2D eigenvalue weighted by Gasteiger charge is 2.12. The van der Waals surface area contributed by atoms with Crippen molar-refractivity contribution in [3.63, 3.8) is 0 Å². The van der Waals surface area contributed by atoms with Crippen molar-refractivity contribution in [2.45, 2.75) is 19.8 Å². The second-order valence-electron chi connectivity index (χ2n) is 4.06. The van der Waals surface area contributed by atoms with Crippen LogP contribution < -0.4 is 10.6 Å². The first-order valence-electron chi connectivity index (χ1n) is 6.36. The molecule has 0 unspecified atom stereocenters. The number of ether oxygens (including phenoxy) is 1. The molecule has 1 rings (SSSR count). The Kier molecular flexibility index (Phi) is 7.22. The number of hydrogen-bond donors (Lipinski definition) is 2. The van der Waals surface area contributed by atoms with Crippen molar-refractivity contribution in [1.29, 1.82) is 0 Å². The molecule has 0 aromatic carbocycles. The van der Waals surface area contributed by atoms with E-state index in [0.29, 0.717) is 24.0 Å². The molecule has 0 saturated heterocycles. The average Bonchev–Trinajstić information content (AvgIpc) is 2.42. The first kappa shape index (κ1) is 15.7. The maximum absolute atomic E-state index is 11.9. The highest BCUT2D eigenvalue weighted by molar-refractivity contribution is 6.33. The van der Waals surface area contributed by atoms with Crippen LogP contribution in [0.25, 0.3) is 0 Å². The summed E-state index contributed by atoms with van der Waals surface area (Å²) >= 11 is 5.99. The molecule has 0 atom stereocenters. The van der Waals surface area contributed by atoms with Gasteiger partial charge in [-0.2, -0.15) is 0 Å². The van der Waals surface area contributed by atoms with Crippen molar-refractivity contribution in [2.24, 2.45) is 0 Å². The lowest BCUT2D eigenvalue weighted by atomic mass is 10.3. The largest absolute Gasteiger partial charge is 0.385 e. The number of amides is 1. The minimum Gasteiger partial charge on any atom is -0.385 e. The molecule has 0 fully saturated rings. The number of anilines is 1. The molecule has 0 saturated carbocycles. The van der Waals surface area contributed by atoms with Gasteiger partial charge in [-0.25, -0.2) is 4.98 Å². The Bertz CT molecular complexity index is 413. The number of methoxy groups -OCH3 is 1. The molecule has 1 amide bonds. The molecule has 1 aromatic heterocycles. The van der Waals surface area contributed by atoms with Crippen LogP contribution in [0.3, 0.4) is 0 Å². The number of aromatic nitrogens is 1. The lowest BCUT2D eigenvalue weighted by Gasteiger charge is -2.09. The SMILES string of the molecule is CCCNc1ccc(Cl)c(C(=O)NCCCOC)n1. The van der Waals surface area contributed by atoms with Crippen LogP contribution in [0, 0.1) is 0 Å². The van der Waals surface area contributed by atoms with Crippen molar-refractivity contribution >= 4 is 23.3 Å². The van der Waals surface area contributed by atoms with Gasteiger partial charge in [-0.15, -0.1) is 0 Å². The van der Waals surface area contributed by atoms with Gasteiger partial charge in [0.2, 0.25) is 0 Å². The summed E-state index contributed by atoms with van der Waals surface area (Å²) in [7, 11) is 1.63. The van der Waals surface area contributed by atoms with Crippen LogP contribution in [0.1, 0.15) is 30.3 Å². The number of nitrogens with one attached hydrogen (secondary N) is 2. The third-order valence-corrected chi connectivity index (χ3v) is 2.73. The third kappa shape index (κ3) is 5.44. The molecule has 0 aliphatic heterocycles. The van der Waals surface area contributed by atoms with Crippen LogP contribution in [0.4, 0.5) is 5.82 Å². The van der Waals surface area contributed by atoms with E-state index < -0.39 is 0 Å². The molecule has 0 aliphatic rings. The predicted molar refractivity (Wildman–Crippen MR) is 76.9 cm³/mol.